The third-order valence-electron chi connectivity index (χ3n) is 4.96. The van der Waals surface area contributed by atoms with Gasteiger partial charge in [-0.05, 0) is 31.0 Å². The van der Waals surface area contributed by atoms with E-state index < -0.39 is 6.01 Å². The average molecular weight is 450 g/mol. The molecular weight excluding hydrogens is 435 g/mol. The van der Waals surface area contributed by atoms with Crippen molar-refractivity contribution in [2.45, 2.75) is 12.8 Å². The lowest BCUT2D eigenvalue weighted by atomic mass is 10.3. The number of carbonyl (C=O) groups is 1. The second-order valence-corrected chi connectivity index (χ2v) is 8.33. The molecule has 5 aromatic rings. The minimum absolute atomic E-state index is 0.0118. The van der Waals surface area contributed by atoms with Crippen molar-refractivity contribution < 1.29 is 18.3 Å². The first-order valence-electron chi connectivity index (χ1n) is 9.87. The third-order valence-corrected chi connectivity index (χ3v) is 5.84. The Morgan fingerprint density at radius 1 is 1.16 bits per heavy atom. The first-order valence-corrected chi connectivity index (χ1v) is 10.7. The smallest absolute Gasteiger partial charge is 0.301 e. The number of fused-ring (bicyclic) bond motifs is 2. The van der Waals surface area contributed by atoms with Crippen LogP contribution in [0.3, 0.4) is 0 Å². The Hall–Kier alpha value is -3.99. The normalized spacial score (nSPS) is 13.5. The quantitative estimate of drug-likeness (QED) is 0.326. The van der Waals surface area contributed by atoms with Crippen molar-refractivity contribution in [1.82, 2.24) is 19.9 Å². The van der Waals surface area contributed by atoms with Gasteiger partial charge in [0.25, 0.3) is 0 Å². The van der Waals surface area contributed by atoms with Gasteiger partial charge in [-0.3, -0.25) is 4.79 Å². The van der Waals surface area contributed by atoms with Gasteiger partial charge in [-0.25, -0.2) is 15.0 Å². The molecule has 4 aromatic heterocycles. The summed E-state index contributed by atoms with van der Waals surface area (Å²) in [4.78, 5) is 29.0. The van der Waals surface area contributed by atoms with Gasteiger partial charge >= 0.3 is 6.01 Å². The summed E-state index contributed by atoms with van der Waals surface area (Å²) >= 11 is 1.31. The molecule has 6 rings (SSSR count). The highest BCUT2D eigenvalue weighted by Gasteiger charge is 2.30. The Labute approximate surface area is 183 Å². The maximum absolute atomic E-state index is 13.5. The number of thiazole rings is 1. The van der Waals surface area contributed by atoms with Crippen LogP contribution in [0.2, 0.25) is 0 Å². The molecule has 1 amide bonds. The van der Waals surface area contributed by atoms with Crippen LogP contribution in [0.15, 0.2) is 47.1 Å². The van der Waals surface area contributed by atoms with Crippen LogP contribution >= 0.6 is 11.3 Å². The molecule has 0 aliphatic heterocycles. The number of pyridine rings is 1. The number of rotatable bonds is 6. The summed E-state index contributed by atoms with van der Waals surface area (Å²) in [5, 5.41) is 6.22. The third kappa shape index (κ3) is 3.62. The van der Waals surface area contributed by atoms with Gasteiger partial charge in [-0.1, -0.05) is 11.3 Å². The van der Waals surface area contributed by atoms with Crippen LogP contribution in [0, 0.1) is 11.9 Å². The second-order valence-electron chi connectivity index (χ2n) is 7.36. The van der Waals surface area contributed by atoms with Crippen LogP contribution in [0.25, 0.3) is 21.4 Å². The number of aromatic nitrogens is 4. The number of furan rings is 1. The summed E-state index contributed by atoms with van der Waals surface area (Å²) < 4.78 is 24.0. The topological polar surface area (TPSA) is 118 Å². The number of amides is 1. The molecule has 1 fully saturated rings. The predicted molar refractivity (Wildman–Crippen MR) is 117 cm³/mol. The fourth-order valence-electron chi connectivity index (χ4n) is 3.20. The Bertz CT molecular complexity index is 1470. The highest BCUT2D eigenvalue weighted by atomic mass is 32.1. The lowest BCUT2D eigenvalue weighted by Crippen LogP contribution is -2.12. The first-order chi connectivity index (χ1) is 15.6. The number of imidazole rings is 1. The number of benzene rings is 1. The maximum Gasteiger partial charge on any atom is 0.301 e. The molecule has 1 saturated carbocycles. The number of aromatic amines is 1. The van der Waals surface area contributed by atoms with E-state index in [-0.39, 0.29) is 17.5 Å². The van der Waals surface area contributed by atoms with Crippen molar-refractivity contribution in [3.8, 4) is 11.6 Å². The molecule has 1 aliphatic carbocycles. The zero-order valence-electron chi connectivity index (χ0n) is 16.4. The van der Waals surface area contributed by atoms with Crippen molar-refractivity contribution in [2.75, 3.05) is 10.6 Å². The van der Waals surface area contributed by atoms with Gasteiger partial charge in [0, 0.05) is 24.1 Å². The molecule has 9 nitrogen and oxygen atoms in total. The second kappa shape index (κ2) is 7.31. The minimum atomic E-state index is -0.714. The molecule has 11 heteroatoms. The van der Waals surface area contributed by atoms with Gasteiger partial charge in [-0.2, -0.15) is 4.39 Å². The molecule has 4 heterocycles. The molecule has 0 saturated heterocycles. The average Bonchev–Trinajstić information content (AvgIpc) is 3.27. The molecule has 0 radical (unpaired) electrons. The van der Waals surface area contributed by atoms with E-state index in [1.165, 1.54) is 23.7 Å². The van der Waals surface area contributed by atoms with Crippen LogP contribution in [-0.4, -0.2) is 25.8 Å². The highest BCUT2D eigenvalue weighted by Crippen LogP contribution is 2.33. The molecule has 1 aliphatic rings. The van der Waals surface area contributed by atoms with Crippen molar-refractivity contribution in [2.24, 2.45) is 5.92 Å². The van der Waals surface area contributed by atoms with Crippen molar-refractivity contribution in [3.05, 3.63) is 48.7 Å². The van der Waals surface area contributed by atoms with Crippen LogP contribution in [-0.2, 0) is 4.79 Å². The van der Waals surface area contributed by atoms with Crippen molar-refractivity contribution >= 4 is 55.4 Å². The summed E-state index contributed by atoms with van der Waals surface area (Å²) in [7, 11) is 0. The molecule has 0 bridgehead atoms. The van der Waals surface area contributed by atoms with E-state index in [1.54, 1.807) is 30.3 Å². The maximum atomic E-state index is 13.5. The molecule has 1 aromatic carbocycles. The number of ether oxygens (including phenoxy) is 1. The summed E-state index contributed by atoms with van der Waals surface area (Å²) in [6.45, 7) is 0. The van der Waals surface area contributed by atoms with E-state index in [4.69, 9.17) is 4.74 Å². The van der Waals surface area contributed by atoms with Gasteiger partial charge in [0.1, 0.15) is 21.8 Å². The standard InChI is InChI=1S/C21H15FN6O3S/c22-17-13(7-8-30-17)24-20-23-12-4-3-11(9-15(12)25-20)31-16-6-5-14-19(27-16)32-21(26-14)28-18(29)10-1-2-10/h3-10H,1-2H2,(H2,23,24,25)(H,26,28,29). The van der Waals surface area contributed by atoms with E-state index in [0.29, 0.717) is 44.1 Å². The summed E-state index contributed by atoms with van der Waals surface area (Å²) in [5.74, 6) is 1.46. The molecule has 0 spiro atoms. The number of hydrogen-bond acceptors (Lipinski definition) is 8. The summed E-state index contributed by atoms with van der Waals surface area (Å²) in [6.07, 6.45) is 3.13. The van der Waals surface area contributed by atoms with E-state index in [2.05, 4.69) is 35.0 Å². The summed E-state index contributed by atoms with van der Waals surface area (Å²) in [5.41, 5.74) is 2.28. The Morgan fingerprint density at radius 3 is 2.84 bits per heavy atom. The largest absolute Gasteiger partial charge is 0.439 e. The molecular formula is C21H15FN6O3S. The summed E-state index contributed by atoms with van der Waals surface area (Å²) in [6, 6.07) is 9.62. The minimum Gasteiger partial charge on any atom is -0.439 e. The SMILES string of the molecule is O=C(Nc1nc2ccc(Oc3ccc4nc(Nc5ccoc5F)[nH]c4c3)nc2s1)C1CC1. The lowest BCUT2D eigenvalue weighted by molar-refractivity contribution is -0.117. The zero-order valence-corrected chi connectivity index (χ0v) is 17.2. The van der Waals surface area contributed by atoms with Gasteiger partial charge < -0.3 is 24.8 Å². The first kappa shape index (κ1) is 18.8. The lowest BCUT2D eigenvalue weighted by Gasteiger charge is -2.04. The molecule has 3 N–H and O–H groups in total. The van der Waals surface area contributed by atoms with Crippen LogP contribution in [0.1, 0.15) is 12.8 Å². The van der Waals surface area contributed by atoms with Crippen LogP contribution in [0.5, 0.6) is 11.6 Å². The molecule has 0 unspecified atom stereocenters. The fraction of sp³-hybridized carbons (Fsp3) is 0.143. The van der Waals surface area contributed by atoms with Crippen LogP contribution < -0.4 is 15.4 Å². The van der Waals surface area contributed by atoms with E-state index in [0.717, 1.165) is 12.8 Å². The van der Waals surface area contributed by atoms with E-state index >= 15 is 0 Å². The van der Waals surface area contributed by atoms with Crippen molar-refractivity contribution in [1.29, 1.82) is 0 Å². The van der Waals surface area contributed by atoms with E-state index in [9.17, 15) is 9.18 Å². The van der Waals surface area contributed by atoms with Crippen molar-refractivity contribution in [3.63, 3.8) is 0 Å². The number of halogens is 1. The number of nitrogens with zero attached hydrogens (tertiary/aromatic N) is 3. The van der Waals surface area contributed by atoms with E-state index in [1.807, 2.05) is 0 Å². The van der Waals surface area contributed by atoms with Gasteiger partial charge in [0.15, 0.2) is 5.13 Å². The molecule has 0 atom stereocenters. The predicted octanol–water partition coefficient (Wildman–Crippen LogP) is 5.18. The Morgan fingerprint density at radius 2 is 2.03 bits per heavy atom. The fourth-order valence-corrected chi connectivity index (χ4v) is 4.04. The molecule has 160 valence electrons. The Balaban J connectivity index is 1.21. The van der Waals surface area contributed by atoms with Crippen LogP contribution in [0.4, 0.5) is 21.2 Å². The number of carbonyl (C=O) groups excluding carboxylic acids is 1. The highest BCUT2D eigenvalue weighted by molar-refractivity contribution is 7.21. The van der Waals surface area contributed by atoms with Gasteiger partial charge in [0.2, 0.25) is 17.7 Å². The van der Waals surface area contributed by atoms with Gasteiger partial charge in [-0.15, -0.1) is 0 Å². The van der Waals surface area contributed by atoms with Gasteiger partial charge in [0.05, 0.1) is 17.3 Å². The molecule has 32 heavy (non-hydrogen) atoms. The Kier molecular flexibility index (Phi) is 4.28. The monoisotopic (exact) mass is 450 g/mol. The zero-order chi connectivity index (χ0) is 21.7. The number of H-pyrrole nitrogens is 1. The number of hydrogen-bond donors (Lipinski definition) is 3. The number of anilines is 3. The number of nitrogens with one attached hydrogen (secondary N) is 3.